The van der Waals surface area contributed by atoms with Crippen LogP contribution in [0.4, 0.5) is 4.39 Å². The van der Waals surface area contributed by atoms with Gasteiger partial charge in [0.1, 0.15) is 5.82 Å². The lowest BCUT2D eigenvalue weighted by atomic mass is 10.1. The van der Waals surface area contributed by atoms with Crippen molar-refractivity contribution in [3.05, 3.63) is 77.2 Å². The van der Waals surface area contributed by atoms with Crippen LogP contribution in [0.15, 0.2) is 54.6 Å². The number of nitrogens with zero attached hydrogens (tertiary/aromatic N) is 1. The fourth-order valence-electron chi connectivity index (χ4n) is 2.77. The molecule has 1 atom stereocenters. The van der Waals surface area contributed by atoms with E-state index in [0.717, 1.165) is 33.8 Å². The second-order valence-corrected chi connectivity index (χ2v) is 6.65. The Hall–Kier alpha value is -2.24. The van der Waals surface area contributed by atoms with Crippen molar-refractivity contribution in [2.45, 2.75) is 19.6 Å². The van der Waals surface area contributed by atoms with Crippen molar-refractivity contribution < 1.29 is 13.2 Å². The minimum atomic E-state index is -2.09. The van der Waals surface area contributed by atoms with Gasteiger partial charge in [0.05, 0.1) is 5.69 Å². The molecular weight excluding hydrogens is 325 g/mol. The molecule has 0 amide bonds. The third-order valence-electron chi connectivity index (χ3n) is 4.12. The normalized spacial score (nSPS) is 12.3. The summed E-state index contributed by atoms with van der Waals surface area (Å²) in [6.07, 6.45) is 0. The maximum Gasteiger partial charge on any atom is 0.123 e. The second-order valence-electron chi connectivity index (χ2n) is 5.75. The van der Waals surface area contributed by atoms with Crippen molar-refractivity contribution in [1.29, 1.82) is 0 Å². The molecule has 0 aliphatic rings. The van der Waals surface area contributed by atoms with E-state index in [1.54, 1.807) is 12.1 Å². The molecule has 0 fully saturated rings. The van der Waals surface area contributed by atoms with Crippen LogP contribution in [0.1, 0.15) is 16.8 Å². The maximum absolute atomic E-state index is 13.2. The van der Waals surface area contributed by atoms with Crippen LogP contribution in [0.5, 0.6) is 0 Å². The summed E-state index contributed by atoms with van der Waals surface area (Å²) >= 11 is -2.09. The standard InChI is InChI=1S/C19H18FNO2S/c1-13-11-19(16-5-3-15(4-6-16)12-24(22)23)21(14(13)2)18-9-7-17(20)8-10-18/h3-11H,12H2,1-2H3,(H,22,23)/p-1. The summed E-state index contributed by atoms with van der Waals surface area (Å²) in [7, 11) is 0. The fourth-order valence-corrected chi connectivity index (χ4v) is 3.24. The Morgan fingerprint density at radius 1 is 1.04 bits per heavy atom. The smallest absolute Gasteiger partial charge is 0.123 e. The predicted molar refractivity (Wildman–Crippen MR) is 93.3 cm³/mol. The first-order valence-electron chi connectivity index (χ1n) is 7.56. The van der Waals surface area contributed by atoms with Crippen molar-refractivity contribution in [2.24, 2.45) is 0 Å². The van der Waals surface area contributed by atoms with Gasteiger partial charge in [0.2, 0.25) is 0 Å². The number of hydrogen-bond acceptors (Lipinski definition) is 2. The van der Waals surface area contributed by atoms with Crippen molar-refractivity contribution in [3.8, 4) is 16.9 Å². The lowest BCUT2D eigenvalue weighted by molar-refractivity contribution is 0.536. The third-order valence-corrected chi connectivity index (χ3v) is 4.69. The number of rotatable bonds is 4. The molecule has 0 aliphatic carbocycles. The molecule has 5 heteroatoms. The molecule has 124 valence electrons. The molecule has 0 N–H and O–H groups in total. The quantitative estimate of drug-likeness (QED) is 0.664. The van der Waals surface area contributed by atoms with Crippen LogP contribution in [0, 0.1) is 19.7 Å². The molecule has 3 rings (SSSR count). The van der Waals surface area contributed by atoms with E-state index in [9.17, 15) is 13.2 Å². The van der Waals surface area contributed by atoms with E-state index in [1.165, 1.54) is 12.1 Å². The Morgan fingerprint density at radius 2 is 1.67 bits per heavy atom. The van der Waals surface area contributed by atoms with Crippen LogP contribution in [-0.4, -0.2) is 13.3 Å². The maximum atomic E-state index is 13.2. The summed E-state index contributed by atoms with van der Waals surface area (Å²) in [5, 5.41) is 0. The summed E-state index contributed by atoms with van der Waals surface area (Å²) in [5.74, 6) is -0.256. The molecule has 3 aromatic rings. The highest BCUT2D eigenvalue weighted by atomic mass is 32.2. The first kappa shape index (κ1) is 16.6. The molecule has 2 aromatic carbocycles. The minimum absolute atomic E-state index is 0.0112. The fraction of sp³-hybridized carbons (Fsp3) is 0.158. The molecular formula is C19H17FNO2S-. The van der Waals surface area contributed by atoms with Crippen LogP contribution in [-0.2, 0) is 16.8 Å². The van der Waals surface area contributed by atoms with E-state index in [0.29, 0.717) is 0 Å². The van der Waals surface area contributed by atoms with Gasteiger partial charge in [-0.1, -0.05) is 35.3 Å². The number of aromatic nitrogens is 1. The van der Waals surface area contributed by atoms with E-state index in [-0.39, 0.29) is 11.6 Å². The first-order chi connectivity index (χ1) is 11.5. The summed E-state index contributed by atoms with van der Waals surface area (Å²) in [6.45, 7) is 4.06. The van der Waals surface area contributed by atoms with E-state index in [1.807, 2.05) is 38.1 Å². The molecule has 0 saturated carbocycles. The van der Waals surface area contributed by atoms with Crippen molar-refractivity contribution in [2.75, 3.05) is 0 Å². The van der Waals surface area contributed by atoms with Crippen LogP contribution < -0.4 is 0 Å². The highest BCUT2D eigenvalue weighted by Crippen LogP contribution is 2.29. The molecule has 1 heterocycles. The Morgan fingerprint density at radius 3 is 2.25 bits per heavy atom. The van der Waals surface area contributed by atoms with Gasteiger partial charge in [-0.2, -0.15) is 0 Å². The Kier molecular flexibility index (Phi) is 4.64. The zero-order chi connectivity index (χ0) is 17.3. The molecule has 0 aliphatic heterocycles. The molecule has 0 radical (unpaired) electrons. The minimum Gasteiger partial charge on any atom is -0.772 e. The van der Waals surface area contributed by atoms with E-state index in [4.69, 9.17) is 0 Å². The van der Waals surface area contributed by atoms with Gasteiger partial charge in [0, 0.05) is 17.1 Å². The van der Waals surface area contributed by atoms with Crippen LogP contribution in [0.2, 0.25) is 0 Å². The van der Waals surface area contributed by atoms with Gasteiger partial charge < -0.3 is 9.12 Å². The largest absolute Gasteiger partial charge is 0.772 e. The number of benzene rings is 2. The molecule has 0 spiro atoms. The topological polar surface area (TPSA) is 45.1 Å². The highest BCUT2D eigenvalue weighted by molar-refractivity contribution is 7.78. The molecule has 0 saturated heterocycles. The Labute approximate surface area is 143 Å². The van der Waals surface area contributed by atoms with Gasteiger partial charge in [0.25, 0.3) is 0 Å². The van der Waals surface area contributed by atoms with E-state index >= 15 is 0 Å². The number of hydrogen-bond donors (Lipinski definition) is 0. The second kappa shape index (κ2) is 6.71. The van der Waals surface area contributed by atoms with Gasteiger partial charge in [-0.15, -0.1) is 0 Å². The van der Waals surface area contributed by atoms with Crippen LogP contribution in [0.3, 0.4) is 0 Å². The van der Waals surface area contributed by atoms with Gasteiger partial charge >= 0.3 is 0 Å². The first-order valence-corrected chi connectivity index (χ1v) is 8.80. The zero-order valence-electron chi connectivity index (χ0n) is 13.5. The van der Waals surface area contributed by atoms with Gasteiger partial charge in [-0.3, -0.25) is 4.21 Å². The van der Waals surface area contributed by atoms with E-state index in [2.05, 4.69) is 10.6 Å². The average molecular weight is 342 g/mol. The summed E-state index contributed by atoms with van der Waals surface area (Å²) in [5.41, 5.74) is 5.84. The molecule has 1 unspecified atom stereocenters. The van der Waals surface area contributed by atoms with E-state index < -0.39 is 11.1 Å². The SMILES string of the molecule is Cc1cc(-c2ccc(CS(=O)[O-])cc2)n(-c2ccc(F)cc2)c1C. The molecule has 24 heavy (non-hydrogen) atoms. The van der Waals surface area contributed by atoms with Gasteiger partial charge in [-0.05, 0) is 60.9 Å². The van der Waals surface area contributed by atoms with Crippen molar-refractivity contribution in [1.82, 2.24) is 4.57 Å². The van der Waals surface area contributed by atoms with Crippen molar-refractivity contribution in [3.63, 3.8) is 0 Å². The average Bonchev–Trinajstić information content (AvgIpc) is 2.84. The summed E-state index contributed by atoms with van der Waals surface area (Å²) in [4.78, 5) is 0. The molecule has 1 aromatic heterocycles. The van der Waals surface area contributed by atoms with Crippen LogP contribution in [0.25, 0.3) is 16.9 Å². The third kappa shape index (κ3) is 3.32. The predicted octanol–water partition coefficient (Wildman–Crippen LogP) is 4.28. The summed E-state index contributed by atoms with van der Waals surface area (Å²) in [6, 6.07) is 15.9. The molecule has 0 bridgehead atoms. The number of halogens is 1. The van der Waals surface area contributed by atoms with Crippen LogP contribution >= 0.6 is 0 Å². The number of aryl methyl sites for hydroxylation is 1. The van der Waals surface area contributed by atoms with Crippen molar-refractivity contribution >= 4 is 11.1 Å². The molecule has 3 nitrogen and oxygen atoms in total. The summed E-state index contributed by atoms with van der Waals surface area (Å²) < 4.78 is 36.9. The highest BCUT2D eigenvalue weighted by Gasteiger charge is 2.12. The monoisotopic (exact) mass is 342 g/mol. The Bertz CT molecular complexity index is 883. The lowest BCUT2D eigenvalue weighted by Gasteiger charge is -2.13. The Balaban J connectivity index is 2.06. The zero-order valence-corrected chi connectivity index (χ0v) is 14.3. The van der Waals surface area contributed by atoms with Gasteiger partial charge in [0.15, 0.2) is 0 Å². The van der Waals surface area contributed by atoms with Gasteiger partial charge in [-0.25, -0.2) is 4.39 Å². The lowest BCUT2D eigenvalue weighted by Crippen LogP contribution is -2.00.